The number of hydrogen-bond donors (Lipinski definition) is 1. The average molecular weight is 239 g/mol. The lowest BCUT2D eigenvalue weighted by Gasteiger charge is -2.21. The highest BCUT2D eigenvalue weighted by Crippen LogP contribution is 2.14. The van der Waals surface area contributed by atoms with Crippen LogP contribution in [0.15, 0.2) is 6.07 Å². The highest BCUT2D eigenvalue weighted by molar-refractivity contribution is 5.31. The van der Waals surface area contributed by atoms with Crippen LogP contribution in [0.5, 0.6) is 5.88 Å². The lowest BCUT2D eigenvalue weighted by Crippen LogP contribution is -2.31. The summed E-state index contributed by atoms with van der Waals surface area (Å²) in [7, 11) is 3.29. The number of rotatable bonds is 6. The number of ether oxygens (including phenoxy) is 2. The Morgan fingerprint density at radius 1 is 1.29 bits per heavy atom. The van der Waals surface area contributed by atoms with Gasteiger partial charge in [-0.25, -0.2) is 4.98 Å². The Morgan fingerprint density at radius 2 is 2.00 bits per heavy atom. The van der Waals surface area contributed by atoms with Crippen LogP contribution < -0.4 is 10.1 Å². The highest BCUT2D eigenvalue weighted by atomic mass is 16.5. The van der Waals surface area contributed by atoms with Crippen LogP contribution >= 0.6 is 0 Å². The van der Waals surface area contributed by atoms with Crippen molar-refractivity contribution in [3.05, 3.63) is 11.8 Å². The zero-order valence-electron chi connectivity index (χ0n) is 11.2. The van der Waals surface area contributed by atoms with E-state index in [9.17, 15) is 0 Å². The average Bonchev–Trinajstić information content (AvgIpc) is 2.27. The fraction of sp³-hybridized carbons (Fsp3) is 0.667. The van der Waals surface area contributed by atoms with E-state index in [1.807, 2.05) is 6.92 Å². The molecule has 0 bridgehead atoms. The van der Waals surface area contributed by atoms with Gasteiger partial charge in [-0.1, -0.05) is 13.8 Å². The summed E-state index contributed by atoms with van der Waals surface area (Å²) in [5, 5.41) is 3.27. The number of hydrogen-bond acceptors (Lipinski definition) is 5. The van der Waals surface area contributed by atoms with Crippen molar-refractivity contribution in [1.82, 2.24) is 9.97 Å². The Balaban J connectivity index is 2.81. The van der Waals surface area contributed by atoms with Crippen molar-refractivity contribution in [2.45, 2.75) is 26.8 Å². The summed E-state index contributed by atoms with van der Waals surface area (Å²) >= 11 is 0. The van der Waals surface area contributed by atoms with Gasteiger partial charge in [0.2, 0.25) is 11.8 Å². The largest absolute Gasteiger partial charge is 0.481 e. The summed E-state index contributed by atoms with van der Waals surface area (Å²) in [5.41, 5.74) is 0.874. The minimum Gasteiger partial charge on any atom is -0.481 e. The van der Waals surface area contributed by atoms with Crippen LogP contribution in [0.1, 0.15) is 19.5 Å². The molecule has 1 heterocycles. The van der Waals surface area contributed by atoms with Crippen molar-refractivity contribution in [2.75, 3.05) is 26.1 Å². The molecule has 0 radical (unpaired) electrons. The molecule has 0 aliphatic rings. The van der Waals surface area contributed by atoms with Crippen LogP contribution in [-0.4, -0.2) is 36.8 Å². The first kappa shape index (κ1) is 13.7. The number of nitrogens with one attached hydrogen (secondary N) is 1. The highest BCUT2D eigenvalue weighted by Gasteiger charge is 2.14. The van der Waals surface area contributed by atoms with E-state index < -0.39 is 0 Å². The van der Waals surface area contributed by atoms with Gasteiger partial charge in [0.05, 0.1) is 19.8 Å². The molecule has 1 aromatic rings. The van der Waals surface area contributed by atoms with Gasteiger partial charge in [0, 0.05) is 18.9 Å². The Labute approximate surface area is 103 Å². The van der Waals surface area contributed by atoms with E-state index in [2.05, 4.69) is 29.1 Å². The van der Waals surface area contributed by atoms with E-state index in [0.717, 1.165) is 5.69 Å². The molecular weight excluding hydrogens is 218 g/mol. The van der Waals surface area contributed by atoms with Crippen LogP contribution in [0.3, 0.4) is 0 Å². The number of methoxy groups -OCH3 is 2. The molecule has 1 rings (SSSR count). The van der Waals surface area contributed by atoms with E-state index in [-0.39, 0.29) is 6.04 Å². The molecule has 1 atom stereocenters. The Kier molecular flexibility index (Phi) is 5.15. The first-order chi connectivity index (χ1) is 8.06. The fourth-order valence-electron chi connectivity index (χ4n) is 1.45. The van der Waals surface area contributed by atoms with Gasteiger partial charge >= 0.3 is 0 Å². The van der Waals surface area contributed by atoms with Crippen molar-refractivity contribution in [2.24, 2.45) is 5.92 Å². The molecule has 0 aromatic carbocycles. The number of anilines is 1. The molecule has 5 nitrogen and oxygen atoms in total. The van der Waals surface area contributed by atoms with Crippen LogP contribution in [0.2, 0.25) is 0 Å². The second-order valence-corrected chi connectivity index (χ2v) is 4.33. The lowest BCUT2D eigenvalue weighted by atomic mass is 10.1. The Bertz CT molecular complexity index is 356. The van der Waals surface area contributed by atoms with Gasteiger partial charge in [-0.05, 0) is 12.8 Å². The van der Waals surface area contributed by atoms with Gasteiger partial charge in [-0.15, -0.1) is 0 Å². The molecule has 1 aromatic heterocycles. The summed E-state index contributed by atoms with van der Waals surface area (Å²) in [6.45, 7) is 6.79. The van der Waals surface area contributed by atoms with E-state index in [4.69, 9.17) is 9.47 Å². The molecule has 96 valence electrons. The smallest absolute Gasteiger partial charge is 0.226 e. The third-order valence-corrected chi connectivity index (χ3v) is 2.51. The zero-order valence-corrected chi connectivity index (χ0v) is 11.2. The Morgan fingerprint density at radius 3 is 2.53 bits per heavy atom. The third-order valence-electron chi connectivity index (χ3n) is 2.51. The maximum Gasteiger partial charge on any atom is 0.226 e. The minimum absolute atomic E-state index is 0.187. The van der Waals surface area contributed by atoms with Crippen molar-refractivity contribution in [1.29, 1.82) is 0 Å². The maximum atomic E-state index is 5.17. The summed E-state index contributed by atoms with van der Waals surface area (Å²) in [4.78, 5) is 8.58. The van der Waals surface area contributed by atoms with Crippen molar-refractivity contribution < 1.29 is 9.47 Å². The monoisotopic (exact) mass is 239 g/mol. The summed E-state index contributed by atoms with van der Waals surface area (Å²) in [6, 6.07) is 1.98. The van der Waals surface area contributed by atoms with Crippen molar-refractivity contribution in [3.8, 4) is 5.88 Å². The Hall–Kier alpha value is -1.36. The van der Waals surface area contributed by atoms with E-state index in [0.29, 0.717) is 24.4 Å². The van der Waals surface area contributed by atoms with Gasteiger partial charge in [0.25, 0.3) is 0 Å². The molecule has 0 saturated heterocycles. The van der Waals surface area contributed by atoms with Crippen LogP contribution in [0.4, 0.5) is 5.95 Å². The van der Waals surface area contributed by atoms with Gasteiger partial charge < -0.3 is 14.8 Å². The molecule has 1 N–H and O–H groups in total. The molecule has 0 fully saturated rings. The summed E-state index contributed by atoms with van der Waals surface area (Å²) in [5.74, 6) is 1.59. The zero-order chi connectivity index (χ0) is 12.8. The molecule has 0 aliphatic heterocycles. The fourth-order valence-corrected chi connectivity index (χ4v) is 1.45. The van der Waals surface area contributed by atoms with Gasteiger partial charge in [-0.3, -0.25) is 0 Å². The topological polar surface area (TPSA) is 56.3 Å². The standard InChI is InChI=1S/C12H21N3O2/c1-8(2)10(7-16-4)14-12-13-9(3)6-11(15-12)17-5/h6,8,10H,7H2,1-5H3,(H,13,14,15). The molecular formula is C12H21N3O2. The number of aromatic nitrogens is 2. The van der Waals surface area contributed by atoms with Crippen molar-refractivity contribution in [3.63, 3.8) is 0 Å². The number of nitrogens with zero attached hydrogens (tertiary/aromatic N) is 2. The number of aryl methyl sites for hydroxylation is 1. The second kappa shape index (κ2) is 6.39. The predicted octanol–water partition coefficient (Wildman–Crippen LogP) is 1.88. The molecule has 1 unspecified atom stereocenters. The predicted molar refractivity (Wildman–Crippen MR) is 67.4 cm³/mol. The lowest BCUT2D eigenvalue weighted by molar-refractivity contribution is 0.171. The van der Waals surface area contributed by atoms with Gasteiger partial charge in [-0.2, -0.15) is 4.98 Å². The second-order valence-electron chi connectivity index (χ2n) is 4.33. The third kappa shape index (κ3) is 4.19. The molecule has 0 spiro atoms. The maximum absolute atomic E-state index is 5.17. The van der Waals surface area contributed by atoms with E-state index >= 15 is 0 Å². The molecule has 0 amide bonds. The minimum atomic E-state index is 0.187. The van der Waals surface area contributed by atoms with Crippen LogP contribution in [0, 0.1) is 12.8 Å². The quantitative estimate of drug-likeness (QED) is 0.821. The normalized spacial score (nSPS) is 12.6. The van der Waals surface area contributed by atoms with Crippen LogP contribution in [0.25, 0.3) is 0 Å². The van der Waals surface area contributed by atoms with Crippen LogP contribution in [-0.2, 0) is 4.74 Å². The van der Waals surface area contributed by atoms with E-state index in [1.165, 1.54) is 0 Å². The van der Waals surface area contributed by atoms with Gasteiger partial charge in [0.1, 0.15) is 0 Å². The first-order valence-electron chi connectivity index (χ1n) is 5.72. The summed E-state index contributed by atoms with van der Waals surface area (Å²) < 4.78 is 10.3. The van der Waals surface area contributed by atoms with Crippen molar-refractivity contribution >= 4 is 5.95 Å². The molecule has 5 heteroatoms. The molecule has 0 aliphatic carbocycles. The molecule has 17 heavy (non-hydrogen) atoms. The SMILES string of the molecule is COCC(Nc1nc(C)cc(OC)n1)C(C)C. The summed E-state index contributed by atoms with van der Waals surface area (Å²) in [6.07, 6.45) is 0. The first-order valence-corrected chi connectivity index (χ1v) is 5.72. The van der Waals surface area contributed by atoms with E-state index in [1.54, 1.807) is 20.3 Å². The molecule has 0 saturated carbocycles. The van der Waals surface area contributed by atoms with Gasteiger partial charge in [0.15, 0.2) is 0 Å².